The fraction of sp³-hybridized carbons (Fsp3) is 0.267. The summed E-state index contributed by atoms with van der Waals surface area (Å²) in [6.07, 6.45) is 3.69. The largest absolute Gasteiger partial charge is 0.388 e. The number of aromatic nitrogens is 1. The van der Waals surface area contributed by atoms with Crippen LogP contribution in [-0.2, 0) is 10.2 Å². The fourth-order valence-corrected chi connectivity index (χ4v) is 2.43. The lowest BCUT2D eigenvalue weighted by molar-refractivity contribution is -0.0380. The van der Waals surface area contributed by atoms with Crippen LogP contribution < -0.4 is 5.32 Å². The molecule has 0 unspecified atom stereocenters. The Morgan fingerprint density at radius 1 is 1.00 bits per heavy atom. The van der Waals surface area contributed by atoms with Gasteiger partial charge in [0.2, 0.25) is 0 Å². The van der Waals surface area contributed by atoms with Crippen molar-refractivity contribution in [3.63, 3.8) is 0 Å². The van der Waals surface area contributed by atoms with Gasteiger partial charge in [0.1, 0.15) is 0 Å². The molecule has 0 spiro atoms. The van der Waals surface area contributed by atoms with Gasteiger partial charge in [-0.1, -0.05) is 12.1 Å². The van der Waals surface area contributed by atoms with Crippen molar-refractivity contribution in [3.8, 4) is 0 Å². The number of hydrogen-bond donors (Lipinski definition) is 1. The number of nitrogens with one attached hydrogen (secondary N) is 1. The standard InChI is InChI=1S/C15H16N2O/c1-16-14-4-2-12(3-5-14)15(10-18-11-15)13-6-8-17-9-7-13/h2-9,16H,10-11H2,1H3. The lowest BCUT2D eigenvalue weighted by Gasteiger charge is -2.42. The molecule has 1 aliphatic rings. The maximum atomic E-state index is 5.47. The van der Waals surface area contributed by atoms with E-state index in [9.17, 15) is 0 Å². The van der Waals surface area contributed by atoms with E-state index < -0.39 is 0 Å². The molecule has 0 saturated carbocycles. The third kappa shape index (κ3) is 1.68. The zero-order valence-electron chi connectivity index (χ0n) is 10.4. The Morgan fingerprint density at radius 2 is 1.61 bits per heavy atom. The van der Waals surface area contributed by atoms with Crippen LogP contribution in [0.5, 0.6) is 0 Å². The van der Waals surface area contributed by atoms with Gasteiger partial charge in [-0.3, -0.25) is 4.98 Å². The summed E-state index contributed by atoms with van der Waals surface area (Å²) in [5.74, 6) is 0. The fourth-order valence-electron chi connectivity index (χ4n) is 2.43. The van der Waals surface area contributed by atoms with Gasteiger partial charge in [0.15, 0.2) is 0 Å². The molecule has 3 rings (SSSR count). The molecule has 1 aromatic carbocycles. The number of nitrogens with zero attached hydrogens (tertiary/aromatic N) is 1. The highest BCUT2D eigenvalue weighted by atomic mass is 16.5. The first-order chi connectivity index (χ1) is 8.85. The molecule has 0 aliphatic carbocycles. The van der Waals surface area contributed by atoms with Crippen LogP contribution in [0.4, 0.5) is 5.69 Å². The molecule has 0 bridgehead atoms. The average Bonchev–Trinajstić information content (AvgIpc) is 2.40. The highest BCUT2D eigenvalue weighted by Crippen LogP contribution is 2.39. The molecule has 2 heterocycles. The van der Waals surface area contributed by atoms with Crippen molar-refractivity contribution >= 4 is 5.69 Å². The Labute approximate surface area is 107 Å². The van der Waals surface area contributed by atoms with Crippen LogP contribution in [-0.4, -0.2) is 25.2 Å². The first-order valence-corrected chi connectivity index (χ1v) is 6.12. The van der Waals surface area contributed by atoms with Crippen LogP contribution in [0.3, 0.4) is 0 Å². The molecule has 1 saturated heterocycles. The third-order valence-electron chi connectivity index (χ3n) is 3.66. The monoisotopic (exact) mass is 240 g/mol. The Hall–Kier alpha value is -1.87. The van der Waals surface area contributed by atoms with Gasteiger partial charge in [0.25, 0.3) is 0 Å². The minimum Gasteiger partial charge on any atom is -0.388 e. The van der Waals surface area contributed by atoms with Crippen molar-refractivity contribution in [2.75, 3.05) is 25.6 Å². The maximum absolute atomic E-state index is 5.47. The Balaban J connectivity index is 2.01. The molecule has 1 aromatic heterocycles. The molecule has 1 N–H and O–H groups in total. The van der Waals surface area contributed by atoms with Gasteiger partial charge >= 0.3 is 0 Å². The number of rotatable bonds is 3. The van der Waals surface area contributed by atoms with E-state index in [2.05, 4.69) is 46.7 Å². The highest BCUT2D eigenvalue weighted by molar-refractivity contribution is 5.49. The zero-order chi connectivity index (χ0) is 12.4. The van der Waals surface area contributed by atoms with Gasteiger partial charge in [0.05, 0.1) is 18.6 Å². The summed E-state index contributed by atoms with van der Waals surface area (Å²) in [5.41, 5.74) is 3.72. The third-order valence-corrected chi connectivity index (χ3v) is 3.66. The van der Waals surface area contributed by atoms with Crippen LogP contribution in [0, 0.1) is 0 Å². The molecule has 1 fully saturated rings. The van der Waals surface area contributed by atoms with Crippen molar-refractivity contribution in [1.82, 2.24) is 4.98 Å². The quantitative estimate of drug-likeness (QED) is 0.894. The van der Waals surface area contributed by atoms with Crippen LogP contribution >= 0.6 is 0 Å². The van der Waals surface area contributed by atoms with E-state index in [0.29, 0.717) is 0 Å². The van der Waals surface area contributed by atoms with Gasteiger partial charge < -0.3 is 10.1 Å². The van der Waals surface area contributed by atoms with Crippen LogP contribution in [0.2, 0.25) is 0 Å². The molecule has 0 radical (unpaired) electrons. The molecule has 0 amide bonds. The Kier molecular flexibility index (Phi) is 2.76. The van der Waals surface area contributed by atoms with Crippen LogP contribution in [0.15, 0.2) is 48.8 Å². The second kappa shape index (κ2) is 4.42. The van der Waals surface area contributed by atoms with Crippen molar-refractivity contribution in [1.29, 1.82) is 0 Å². The van der Waals surface area contributed by atoms with Gasteiger partial charge in [-0.25, -0.2) is 0 Å². The van der Waals surface area contributed by atoms with Crippen molar-refractivity contribution in [2.24, 2.45) is 0 Å². The smallest absolute Gasteiger partial charge is 0.0670 e. The zero-order valence-corrected chi connectivity index (χ0v) is 10.4. The summed E-state index contributed by atoms with van der Waals surface area (Å²) in [6, 6.07) is 12.7. The molecule has 2 aromatic rings. The Bertz CT molecular complexity index is 518. The molecule has 3 nitrogen and oxygen atoms in total. The van der Waals surface area contributed by atoms with E-state index in [1.54, 1.807) is 0 Å². The molecule has 0 atom stereocenters. The summed E-state index contributed by atoms with van der Waals surface area (Å²) < 4.78 is 5.47. The number of anilines is 1. The topological polar surface area (TPSA) is 34.2 Å². The van der Waals surface area contributed by atoms with E-state index >= 15 is 0 Å². The summed E-state index contributed by atoms with van der Waals surface area (Å²) in [5, 5.41) is 3.14. The summed E-state index contributed by atoms with van der Waals surface area (Å²) in [6.45, 7) is 1.49. The van der Waals surface area contributed by atoms with Crippen molar-refractivity contribution < 1.29 is 4.74 Å². The minimum atomic E-state index is 0.00914. The minimum absolute atomic E-state index is 0.00914. The van der Waals surface area contributed by atoms with Crippen molar-refractivity contribution in [2.45, 2.75) is 5.41 Å². The number of benzene rings is 1. The lowest BCUT2D eigenvalue weighted by atomic mass is 9.73. The molecule has 18 heavy (non-hydrogen) atoms. The van der Waals surface area contributed by atoms with E-state index in [1.165, 1.54) is 11.1 Å². The first-order valence-electron chi connectivity index (χ1n) is 6.12. The highest BCUT2D eigenvalue weighted by Gasteiger charge is 2.41. The normalized spacial score (nSPS) is 16.9. The number of hydrogen-bond acceptors (Lipinski definition) is 3. The molecule has 3 heteroatoms. The van der Waals surface area contributed by atoms with Gasteiger partial charge in [0, 0.05) is 25.1 Å². The van der Waals surface area contributed by atoms with E-state index in [1.807, 2.05) is 19.4 Å². The lowest BCUT2D eigenvalue weighted by Crippen LogP contribution is -2.47. The molecular formula is C15H16N2O. The second-order valence-electron chi connectivity index (χ2n) is 4.64. The second-order valence-corrected chi connectivity index (χ2v) is 4.64. The van der Waals surface area contributed by atoms with Crippen LogP contribution in [0.25, 0.3) is 0 Å². The predicted octanol–water partition coefficient (Wildman–Crippen LogP) is 2.44. The molecular weight excluding hydrogens is 224 g/mol. The van der Waals surface area contributed by atoms with Gasteiger partial charge in [-0.15, -0.1) is 0 Å². The molecule has 1 aliphatic heterocycles. The van der Waals surface area contributed by atoms with Crippen LogP contribution in [0.1, 0.15) is 11.1 Å². The van der Waals surface area contributed by atoms with E-state index in [-0.39, 0.29) is 5.41 Å². The SMILES string of the molecule is CNc1ccc(C2(c3ccncc3)COC2)cc1. The number of ether oxygens (including phenoxy) is 1. The first kappa shape index (κ1) is 11.2. The van der Waals surface area contributed by atoms with Crippen molar-refractivity contribution in [3.05, 3.63) is 59.9 Å². The summed E-state index contributed by atoms with van der Waals surface area (Å²) in [4.78, 5) is 4.09. The average molecular weight is 240 g/mol. The number of pyridine rings is 1. The van der Waals surface area contributed by atoms with E-state index in [4.69, 9.17) is 4.74 Å². The van der Waals surface area contributed by atoms with Gasteiger partial charge in [-0.05, 0) is 35.4 Å². The maximum Gasteiger partial charge on any atom is 0.0670 e. The summed E-state index contributed by atoms with van der Waals surface area (Å²) in [7, 11) is 1.93. The molecule has 92 valence electrons. The van der Waals surface area contributed by atoms with E-state index in [0.717, 1.165) is 18.9 Å². The van der Waals surface area contributed by atoms with Gasteiger partial charge in [-0.2, -0.15) is 0 Å². The Morgan fingerprint density at radius 3 is 2.11 bits per heavy atom. The predicted molar refractivity (Wildman–Crippen MR) is 71.8 cm³/mol. The summed E-state index contributed by atoms with van der Waals surface area (Å²) >= 11 is 0.